The van der Waals surface area contributed by atoms with Crippen molar-refractivity contribution in [3.63, 3.8) is 0 Å². The van der Waals surface area contributed by atoms with Gasteiger partial charge in [-0.3, -0.25) is 14.9 Å². The number of nitro benzene ring substituents is 1. The van der Waals surface area contributed by atoms with Crippen LogP contribution in [-0.2, 0) is 5.41 Å². The van der Waals surface area contributed by atoms with Gasteiger partial charge in [0.05, 0.1) is 11.0 Å². The highest BCUT2D eigenvalue weighted by Gasteiger charge is 2.22. The summed E-state index contributed by atoms with van der Waals surface area (Å²) in [6.07, 6.45) is 0.200. The quantitative estimate of drug-likeness (QED) is 0.270. The van der Waals surface area contributed by atoms with Crippen LogP contribution >= 0.6 is 0 Å². The number of Topliss-reactive ketones (excluding diaryl/α,β-unsaturated/α-hetero) is 1. The van der Waals surface area contributed by atoms with Gasteiger partial charge in [0.15, 0.2) is 17.3 Å². The lowest BCUT2D eigenvalue weighted by Crippen LogP contribution is -2.16. The monoisotopic (exact) mass is 446 g/mol. The first-order valence-electron chi connectivity index (χ1n) is 10.7. The smallest absolute Gasteiger partial charge is 0.269 e. The minimum atomic E-state index is -0.441. The van der Waals surface area contributed by atoms with Crippen LogP contribution < -0.4 is 14.8 Å². The van der Waals surface area contributed by atoms with Crippen LogP contribution in [0.25, 0.3) is 0 Å². The van der Waals surface area contributed by atoms with Crippen molar-refractivity contribution in [2.75, 3.05) is 12.1 Å². The lowest BCUT2D eigenvalue weighted by atomic mass is 9.86. The SMILES string of the molecule is CC(C)(C)c1ccc(C(=O)C[C@@H](Nc2ccc([N+](=O)[O-])cc2)c2ccc3c(c2)OCO3)cc1. The predicted molar refractivity (Wildman–Crippen MR) is 126 cm³/mol. The first-order valence-corrected chi connectivity index (χ1v) is 10.7. The van der Waals surface area contributed by atoms with E-state index in [1.54, 1.807) is 12.1 Å². The standard InChI is InChI=1S/C26H26N2O5/c1-26(2,3)19-7-4-17(5-8-19)23(29)15-22(18-6-13-24-25(14-18)33-16-32-24)27-20-9-11-21(12-10-20)28(30)31/h4-14,22,27H,15-16H2,1-3H3/t22-/m1/s1. The number of hydrogen-bond donors (Lipinski definition) is 1. The Morgan fingerprint density at radius 2 is 1.67 bits per heavy atom. The van der Waals surface area contributed by atoms with Gasteiger partial charge in [0.1, 0.15) is 0 Å². The summed E-state index contributed by atoms with van der Waals surface area (Å²) in [6.45, 7) is 6.56. The van der Waals surface area contributed by atoms with Gasteiger partial charge in [-0.1, -0.05) is 51.1 Å². The van der Waals surface area contributed by atoms with Crippen LogP contribution in [0.5, 0.6) is 11.5 Å². The number of rotatable bonds is 7. The van der Waals surface area contributed by atoms with Crippen molar-refractivity contribution < 1.29 is 19.2 Å². The molecule has 1 heterocycles. The molecule has 0 saturated heterocycles. The van der Waals surface area contributed by atoms with Crippen LogP contribution in [0.4, 0.5) is 11.4 Å². The molecule has 4 rings (SSSR count). The molecule has 3 aromatic rings. The average Bonchev–Trinajstić information content (AvgIpc) is 3.26. The van der Waals surface area contributed by atoms with Gasteiger partial charge >= 0.3 is 0 Å². The number of carbonyl (C=O) groups is 1. The predicted octanol–water partition coefficient (Wildman–Crippen LogP) is 6.05. The van der Waals surface area contributed by atoms with Crippen molar-refractivity contribution in [3.8, 4) is 11.5 Å². The molecular weight excluding hydrogens is 420 g/mol. The molecule has 0 aliphatic carbocycles. The van der Waals surface area contributed by atoms with E-state index in [2.05, 4.69) is 26.1 Å². The number of nitrogens with zero attached hydrogens (tertiary/aromatic N) is 1. The summed E-state index contributed by atoms with van der Waals surface area (Å²) >= 11 is 0. The van der Waals surface area contributed by atoms with Crippen LogP contribution in [0.2, 0.25) is 0 Å². The fourth-order valence-corrected chi connectivity index (χ4v) is 3.72. The number of nitrogens with one attached hydrogen (secondary N) is 1. The minimum absolute atomic E-state index is 0.00691. The van der Waals surface area contributed by atoms with E-state index in [4.69, 9.17) is 9.47 Å². The van der Waals surface area contributed by atoms with Crippen molar-refractivity contribution >= 4 is 17.2 Å². The summed E-state index contributed by atoms with van der Waals surface area (Å²) < 4.78 is 10.9. The highest BCUT2D eigenvalue weighted by atomic mass is 16.7. The first kappa shape index (κ1) is 22.3. The molecule has 33 heavy (non-hydrogen) atoms. The van der Waals surface area contributed by atoms with E-state index in [1.807, 2.05) is 42.5 Å². The van der Waals surface area contributed by atoms with Crippen molar-refractivity contribution in [1.29, 1.82) is 0 Å². The summed E-state index contributed by atoms with van der Waals surface area (Å²) in [5.41, 5.74) is 3.36. The molecule has 170 valence electrons. The van der Waals surface area contributed by atoms with Crippen molar-refractivity contribution in [2.24, 2.45) is 0 Å². The molecule has 0 amide bonds. The van der Waals surface area contributed by atoms with E-state index in [0.717, 1.165) is 11.1 Å². The van der Waals surface area contributed by atoms with Crippen LogP contribution in [0.15, 0.2) is 66.7 Å². The van der Waals surface area contributed by atoms with Gasteiger partial charge in [0.25, 0.3) is 5.69 Å². The van der Waals surface area contributed by atoms with Crippen molar-refractivity contribution in [1.82, 2.24) is 0 Å². The summed E-state index contributed by atoms with van der Waals surface area (Å²) in [7, 11) is 0. The second kappa shape index (κ2) is 8.94. The van der Waals surface area contributed by atoms with E-state index in [9.17, 15) is 14.9 Å². The van der Waals surface area contributed by atoms with E-state index >= 15 is 0 Å². The molecule has 1 N–H and O–H groups in total. The molecule has 0 saturated carbocycles. The number of carbonyl (C=O) groups excluding carboxylic acids is 1. The lowest BCUT2D eigenvalue weighted by molar-refractivity contribution is -0.384. The Balaban J connectivity index is 1.59. The topological polar surface area (TPSA) is 90.7 Å². The van der Waals surface area contributed by atoms with Crippen LogP contribution in [0.1, 0.15) is 54.7 Å². The molecule has 7 heteroatoms. The van der Waals surface area contributed by atoms with Gasteiger partial charge in [-0.15, -0.1) is 0 Å². The van der Waals surface area contributed by atoms with Gasteiger partial charge in [0, 0.05) is 29.8 Å². The maximum absolute atomic E-state index is 13.2. The van der Waals surface area contributed by atoms with Gasteiger partial charge in [-0.25, -0.2) is 0 Å². The first-order chi connectivity index (χ1) is 15.7. The Kier molecular flexibility index (Phi) is 6.05. The number of nitro groups is 1. The van der Waals surface area contributed by atoms with Gasteiger partial charge in [-0.05, 0) is 40.8 Å². The molecule has 3 aromatic carbocycles. The largest absolute Gasteiger partial charge is 0.454 e. The number of anilines is 1. The molecule has 0 radical (unpaired) electrons. The van der Waals surface area contributed by atoms with E-state index in [0.29, 0.717) is 22.7 Å². The fraction of sp³-hybridized carbons (Fsp3) is 0.269. The molecule has 0 aromatic heterocycles. The molecule has 0 unspecified atom stereocenters. The summed E-state index contributed by atoms with van der Waals surface area (Å²) in [6, 6.07) is 19.1. The number of non-ortho nitro benzene ring substituents is 1. The van der Waals surface area contributed by atoms with E-state index in [-0.39, 0.29) is 36.1 Å². The molecule has 0 fully saturated rings. The number of ketones is 1. The third-order valence-electron chi connectivity index (χ3n) is 5.68. The normalized spacial score (nSPS) is 13.4. The number of fused-ring (bicyclic) bond motifs is 1. The second-order valence-corrected chi connectivity index (χ2v) is 9.07. The minimum Gasteiger partial charge on any atom is -0.454 e. The maximum Gasteiger partial charge on any atom is 0.269 e. The Morgan fingerprint density at radius 3 is 2.30 bits per heavy atom. The number of benzene rings is 3. The zero-order chi connectivity index (χ0) is 23.6. The highest BCUT2D eigenvalue weighted by molar-refractivity contribution is 5.96. The second-order valence-electron chi connectivity index (χ2n) is 9.07. The highest BCUT2D eigenvalue weighted by Crippen LogP contribution is 2.36. The third kappa shape index (κ3) is 5.14. The zero-order valence-corrected chi connectivity index (χ0v) is 18.8. The maximum atomic E-state index is 13.2. The Labute approximate surface area is 192 Å². The molecular formula is C26H26N2O5. The fourth-order valence-electron chi connectivity index (χ4n) is 3.72. The summed E-state index contributed by atoms with van der Waals surface area (Å²) in [4.78, 5) is 23.7. The molecule has 0 spiro atoms. The summed E-state index contributed by atoms with van der Waals surface area (Å²) in [5, 5.41) is 14.3. The van der Waals surface area contributed by atoms with Crippen LogP contribution in [0, 0.1) is 10.1 Å². The zero-order valence-electron chi connectivity index (χ0n) is 18.8. The van der Waals surface area contributed by atoms with Gasteiger partial charge < -0.3 is 14.8 Å². The molecule has 7 nitrogen and oxygen atoms in total. The third-order valence-corrected chi connectivity index (χ3v) is 5.68. The summed E-state index contributed by atoms with van der Waals surface area (Å²) in [5.74, 6) is 1.29. The molecule has 1 atom stereocenters. The lowest BCUT2D eigenvalue weighted by Gasteiger charge is -2.21. The number of hydrogen-bond acceptors (Lipinski definition) is 6. The van der Waals surface area contributed by atoms with E-state index in [1.165, 1.54) is 12.1 Å². The van der Waals surface area contributed by atoms with Gasteiger partial charge in [-0.2, -0.15) is 0 Å². The molecule has 0 bridgehead atoms. The van der Waals surface area contributed by atoms with Gasteiger partial charge in [0.2, 0.25) is 6.79 Å². The Morgan fingerprint density at radius 1 is 1.00 bits per heavy atom. The molecule has 1 aliphatic heterocycles. The molecule has 1 aliphatic rings. The Hall–Kier alpha value is -3.87. The van der Waals surface area contributed by atoms with E-state index < -0.39 is 4.92 Å². The number of ether oxygens (including phenoxy) is 2. The average molecular weight is 447 g/mol. The van der Waals surface area contributed by atoms with Crippen LogP contribution in [-0.4, -0.2) is 17.5 Å². The Bertz CT molecular complexity index is 1160. The van der Waals surface area contributed by atoms with Crippen molar-refractivity contribution in [3.05, 3.63) is 93.5 Å². The van der Waals surface area contributed by atoms with Crippen molar-refractivity contribution in [2.45, 2.75) is 38.6 Å². The van der Waals surface area contributed by atoms with Crippen LogP contribution in [0.3, 0.4) is 0 Å².